The lowest BCUT2D eigenvalue weighted by Crippen LogP contribution is -2.50. The number of hydrogen-bond donors (Lipinski definition) is 1. The summed E-state index contributed by atoms with van der Waals surface area (Å²) in [6, 6.07) is 5.43. The Hall–Kier alpha value is -1.79. The first-order chi connectivity index (χ1) is 10.6. The fourth-order valence-corrected chi connectivity index (χ4v) is 2.54. The molecule has 0 fully saturated rings. The Morgan fingerprint density at radius 1 is 1.27 bits per heavy atom. The number of carbonyl (C=O) groups excluding carboxylic acids is 1. The number of anilines is 2. The van der Waals surface area contributed by atoms with E-state index in [9.17, 15) is 4.79 Å². The molecule has 0 saturated heterocycles. The number of methoxy groups -OCH3 is 2. The van der Waals surface area contributed by atoms with Crippen LogP contribution >= 0.6 is 0 Å². The Kier molecular flexibility index (Phi) is 5.63. The Morgan fingerprint density at radius 2 is 2.00 bits per heavy atom. The van der Waals surface area contributed by atoms with E-state index >= 15 is 0 Å². The summed E-state index contributed by atoms with van der Waals surface area (Å²) in [6.07, 6.45) is 0.247. The van der Waals surface area contributed by atoms with Gasteiger partial charge in [-0.25, -0.2) is 0 Å². The van der Waals surface area contributed by atoms with E-state index < -0.39 is 6.29 Å². The smallest absolute Gasteiger partial charge is 0.249 e. The summed E-state index contributed by atoms with van der Waals surface area (Å²) in [5.74, 6) is 0.811. The first-order valence-electron chi connectivity index (χ1n) is 7.54. The summed E-state index contributed by atoms with van der Waals surface area (Å²) in [5.41, 5.74) is 1.71. The topological polar surface area (TPSA) is 60.0 Å². The third-order valence-corrected chi connectivity index (χ3v) is 3.73. The summed E-state index contributed by atoms with van der Waals surface area (Å²) >= 11 is 0. The van der Waals surface area contributed by atoms with E-state index in [1.54, 1.807) is 19.1 Å². The highest BCUT2D eigenvalue weighted by atomic mass is 16.7. The Labute approximate surface area is 131 Å². The molecule has 0 aromatic heterocycles. The van der Waals surface area contributed by atoms with Crippen molar-refractivity contribution in [3.05, 3.63) is 18.2 Å². The van der Waals surface area contributed by atoms with Gasteiger partial charge in [0.2, 0.25) is 5.91 Å². The monoisotopic (exact) mass is 308 g/mol. The van der Waals surface area contributed by atoms with Crippen LogP contribution < -0.4 is 15.0 Å². The van der Waals surface area contributed by atoms with Gasteiger partial charge in [0.25, 0.3) is 0 Å². The zero-order valence-electron chi connectivity index (χ0n) is 13.6. The van der Waals surface area contributed by atoms with Gasteiger partial charge in [-0.3, -0.25) is 4.79 Å². The molecule has 1 unspecified atom stereocenters. The lowest BCUT2D eigenvalue weighted by Gasteiger charge is -2.36. The van der Waals surface area contributed by atoms with E-state index in [2.05, 4.69) is 5.32 Å². The van der Waals surface area contributed by atoms with Crippen LogP contribution in [-0.4, -0.2) is 45.6 Å². The van der Waals surface area contributed by atoms with Gasteiger partial charge in [-0.1, -0.05) is 6.92 Å². The largest absolute Gasteiger partial charge is 0.494 e. The third kappa shape index (κ3) is 3.34. The molecule has 1 aromatic rings. The van der Waals surface area contributed by atoms with Gasteiger partial charge in [0.15, 0.2) is 6.29 Å². The second kappa shape index (κ2) is 7.47. The highest BCUT2D eigenvalue weighted by molar-refractivity contribution is 6.05. The van der Waals surface area contributed by atoms with Crippen LogP contribution in [0.2, 0.25) is 0 Å². The van der Waals surface area contributed by atoms with Crippen molar-refractivity contribution < 1.29 is 19.0 Å². The molecule has 6 heteroatoms. The van der Waals surface area contributed by atoms with Crippen molar-refractivity contribution in [2.24, 2.45) is 0 Å². The molecule has 1 N–H and O–H groups in total. The van der Waals surface area contributed by atoms with Gasteiger partial charge in [-0.05, 0) is 25.5 Å². The van der Waals surface area contributed by atoms with Crippen LogP contribution in [0.25, 0.3) is 0 Å². The lowest BCUT2D eigenvalue weighted by atomic mass is 10.1. The van der Waals surface area contributed by atoms with Gasteiger partial charge in [0, 0.05) is 20.3 Å². The number of nitrogens with zero attached hydrogens (tertiary/aromatic N) is 1. The molecular formula is C16H24N2O4. The van der Waals surface area contributed by atoms with Gasteiger partial charge in [0.1, 0.15) is 11.8 Å². The van der Waals surface area contributed by atoms with Crippen LogP contribution in [0.4, 0.5) is 11.4 Å². The Bertz CT molecular complexity index is 517. The van der Waals surface area contributed by atoms with Crippen LogP contribution in [0, 0.1) is 0 Å². The van der Waals surface area contributed by atoms with E-state index in [1.807, 2.05) is 32.0 Å². The number of nitrogens with one attached hydrogen (secondary N) is 1. The summed E-state index contributed by atoms with van der Waals surface area (Å²) < 4.78 is 16.0. The quantitative estimate of drug-likeness (QED) is 0.783. The molecule has 2 rings (SSSR count). The zero-order chi connectivity index (χ0) is 16.1. The maximum absolute atomic E-state index is 12.6. The van der Waals surface area contributed by atoms with E-state index in [0.29, 0.717) is 19.6 Å². The van der Waals surface area contributed by atoms with Gasteiger partial charge in [-0.15, -0.1) is 0 Å². The number of carbonyl (C=O) groups is 1. The Balaban J connectivity index is 2.34. The van der Waals surface area contributed by atoms with Crippen molar-refractivity contribution in [3.8, 4) is 5.75 Å². The number of ether oxygens (including phenoxy) is 3. The van der Waals surface area contributed by atoms with Crippen molar-refractivity contribution >= 4 is 17.3 Å². The minimum Gasteiger partial charge on any atom is -0.494 e. The molecule has 0 spiro atoms. The molecule has 1 aliphatic heterocycles. The van der Waals surface area contributed by atoms with Crippen LogP contribution in [-0.2, 0) is 14.3 Å². The number of benzene rings is 1. The molecule has 0 radical (unpaired) electrons. The number of amides is 1. The molecule has 1 aliphatic rings. The predicted molar refractivity (Wildman–Crippen MR) is 85.5 cm³/mol. The van der Waals surface area contributed by atoms with E-state index in [-0.39, 0.29) is 11.9 Å². The molecular weight excluding hydrogens is 284 g/mol. The summed E-state index contributed by atoms with van der Waals surface area (Å²) in [4.78, 5) is 14.3. The van der Waals surface area contributed by atoms with Gasteiger partial charge in [0.05, 0.1) is 24.5 Å². The number of hydrogen-bond acceptors (Lipinski definition) is 5. The van der Waals surface area contributed by atoms with Crippen molar-refractivity contribution in [1.29, 1.82) is 0 Å². The first-order valence-corrected chi connectivity index (χ1v) is 7.54. The van der Waals surface area contributed by atoms with Crippen LogP contribution in [0.3, 0.4) is 0 Å². The minimum atomic E-state index is -0.459. The molecule has 0 saturated carbocycles. The molecule has 1 aromatic carbocycles. The highest BCUT2D eigenvalue weighted by Gasteiger charge is 2.33. The average molecular weight is 308 g/mol. The van der Waals surface area contributed by atoms with Gasteiger partial charge >= 0.3 is 0 Å². The average Bonchev–Trinajstić information content (AvgIpc) is 2.54. The molecule has 122 valence electrons. The second-order valence-corrected chi connectivity index (χ2v) is 5.07. The Morgan fingerprint density at radius 3 is 2.59 bits per heavy atom. The normalized spacial score (nSPS) is 17.4. The fourth-order valence-electron chi connectivity index (χ4n) is 2.54. The zero-order valence-corrected chi connectivity index (χ0v) is 13.6. The van der Waals surface area contributed by atoms with E-state index in [1.165, 1.54) is 0 Å². The lowest BCUT2D eigenvalue weighted by molar-refractivity contribution is -0.124. The van der Waals surface area contributed by atoms with Crippen molar-refractivity contribution in [2.75, 3.05) is 37.6 Å². The van der Waals surface area contributed by atoms with Gasteiger partial charge < -0.3 is 24.4 Å². The fraction of sp³-hybridized carbons (Fsp3) is 0.562. The molecule has 1 amide bonds. The summed E-state index contributed by atoms with van der Waals surface area (Å²) in [7, 11) is 3.13. The number of fused-ring (bicyclic) bond motifs is 1. The second-order valence-electron chi connectivity index (χ2n) is 5.07. The van der Waals surface area contributed by atoms with Crippen molar-refractivity contribution in [1.82, 2.24) is 0 Å². The van der Waals surface area contributed by atoms with Crippen molar-refractivity contribution in [3.63, 3.8) is 0 Å². The summed E-state index contributed by atoms with van der Waals surface area (Å²) in [6.45, 7) is 4.88. The molecule has 1 atom stereocenters. The van der Waals surface area contributed by atoms with Crippen LogP contribution in [0.15, 0.2) is 18.2 Å². The van der Waals surface area contributed by atoms with Crippen molar-refractivity contribution in [2.45, 2.75) is 32.6 Å². The highest BCUT2D eigenvalue weighted by Crippen LogP contribution is 2.35. The molecule has 1 heterocycles. The maximum atomic E-state index is 12.6. The molecule has 0 aliphatic carbocycles. The minimum absolute atomic E-state index is 0.0262. The maximum Gasteiger partial charge on any atom is 0.249 e. The number of rotatable bonds is 7. The molecule has 6 nitrogen and oxygen atoms in total. The molecule has 22 heavy (non-hydrogen) atoms. The van der Waals surface area contributed by atoms with Crippen LogP contribution in [0.5, 0.6) is 5.75 Å². The van der Waals surface area contributed by atoms with Gasteiger partial charge in [-0.2, -0.15) is 0 Å². The van der Waals surface area contributed by atoms with Crippen LogP contribution in [0.1, 0.15) is 20.3 Å². The van der Waals surface area contributed by atoms with E-state index in [4.69, 9.17) is 14.2 Å². The SMILES string of the molecule is CCOc1ccc2c(c1)NC(CC)C(=O)N2CC(OC)OC. The first kappa shape index (κ1) is 16.6. The summed E-state index contributed by atoms with van der Waals surface area (Å²) in [5, 5.41) is 3.28. The molecule has 0 bridgehead atoms. The predicted octanol–water partition coefficient (Wildman–Crippen LogP) is 2.24. The van der Waals surface area contributed by atoms with E-state index in [0.717, 1.165) is 17.1 Å². The standard InChI is InChI=1S/C16H24N2O4/c1-5-12-16(19)18(10-15(20-3)21-4)14-8-7-11(22-6-2)9-13(14)17-12/h7-9,12,15,17H,5-6,10H2,1-4H3. The third-order valence-electron chi connectivity index (χ3n) is 3.73.